The van der Waals surface area contributed by atoms with E-state index >= 15 is 0 Å². The zero-order valence-corrected chi connectivity index (χ0v) is 16.8. The molecule has 0 radical (unpaired) electrons. The molecule has 1 fully saturated rings. The molecule has 1 saturated heterocycles. The number of hydrogen-bond donors (Lipinski definition) is 1. The Balaban J connectivity index is 0.000000269. The van der Waals surface area contributed by atoms with E-state index in [0.717, 1.165) is 22.4 Å². The van der Waals surface area contributed by atoms with E-state index in [9.17, 15) is 4.79 Å². The van der Waals surface area contributed by atoms with Crippen LogP contribution < -0.4 is 14.8 Å². The summed E-state index contributed by atoms with van der Waals surface area (Å²) in [6.45, 7) is 0.345. The molecule has 6 nitrogen and oxygen atoms in total. The van der Waals surface area contributed by atoms with Gasteiger partial charge in [-0.1, -0.05) is 42.2 Å². The van der Waals surface area contributed by atoms with Crippen LogP contribution in [0.1, 0.15) is 22.7 Å². The fourth-order valence-electron chi connectivity index (χ4n) is 2.67. The number of nitrogens with one attached hydrogen (secondary N) is 1. The number of rotatable bonds is 3. The van der Waals surface area contributed by atoms with E-state index in [-0.39, 0.29) is 12.1 Å². The van der Waals surface area contributed by atoms with Crippen LogP contribution in [-0.4, -0.2) is 31.9 Å². The second kappa shape index (κ2) is 10.5. The van der Waals surface area contributed by atoms with Gasteiger partial charge in [0.25, 0.3) is 0 Å². The van der Waals surface area contributed by atoms with Gasteiger partial charge in [0.1, 0.15) is 12.4 Å². The molecule has 0 aliphatic carbocycles. The number of carbonyl (C=O) groups excluding carboxylic acids is 1. The molecule has 2 heterocycles. The number of amides is 1. The van der Waals surface area contributed by atoms with Crippen molar-refractivity contribution in [2.75, 3.05) is 20.8 Å². The highest BCUT2D eigenvalue weighted by Crippen LogP contribution is 2.19. The van der Waals surface area contributed by atoms with E-state index in [1.807, 2.05) is 60.7 Å². The zero-order valence-electron chi connectivity index (χ0n) is 16.8. The first-order valence-corrected chi connectivity index (χ1v) is 9.32. The predicted molar refractivity (Wildman–Crippen MR) is 113 cm³/mol. The first-order valence-electron chi connectivity index (χ1n) is 9.32. The summed E-state index contributed by atoms with van der Waals surface area (Å²) < 4.78 is 14.8. The van der Waals surface area contributed by atoms with E-state index in [2.05, 4.69) is 22.1 Å². The first kappa shape index (κ1) is 20.7. The summed E-state index contributed by atoms with van der Waals surface area (Å²) in [5, 5.41) is 2.75. The summed E-state index contributed by atoms with van der Waals surface area (Å²) in [4.78, 5) is 15.2. The maximum atomic E-state index is 11.1. The maximum absolute atomic E-state index is 11.1. The van der Waals surface area contributed by atoms with Crippen LogP contribution in [0.5, 0.6) is 11.6 Å². The Morgan fingerprint density at radius 1 is 0.967 bits per heavy atom. The molecule has 1 N–H and O–H groups in total. The fourth-order valence-corrected chi connectivity index (χ4v) is 2.67. The zero-order chi connectivity index (χ0) is 21.2. The molecule has 4 rings (SSSR count). The topological polar surface area (TPSA) is 69.7 Å². The van der Waals surface area contributed by atoms with Crippen molar-refractivity contribution < 1.29 is 19.0 Å². The quantitative estimate of drug-likeness (QED) is 0.672. The number of aromatic nitrogens is 1. The average Bonchev–Trinajstić information content (AvgIpc) is 3.25. The summed E-state index contributed by atoms with van der Waals surface area (Å²) in [6.07, 6.45) is 1.28. The normalized spacial score (nSPS) is 14.2. The van der Waals surface area contributed by atoms with Crippen LogP contribution in [0.2, 0.25) is 0 Å². The van der Waals surface area contributed by atoms with E-state index in [4.69, 9.17) is 14.2 Å². The van der Waals surface area contributed by atoms with Crippen molar-refractivity contribution >= 4 is 6.09 Å². The maximum Gasteiger partial charge on any atom is 0.407 e. The Morgan fingerprint density at radius 2 is 1.77 bits per heavy atom. The lowest BCUT2D eigenvalue weighted by Crippen LogP contribution is -2.18. The van der Waals surface area contributed by atoms with Gasteiger partial charge in [0.05, 0.1) is 20.3 Å². The molecule has 6 heteroatoms. The molecule has 1 aromatic heterocycles. The van der Waals surface area contributed by atoms with Gasteiger partial charge in [0, 0.05) is 23.4 Å². The lowest BCUT2D eigenvalue weighted by atomic mass is 10.0. The van der Waals surface area contributed by atoms with Crippen molar-refractivity contribution in [3.63, 3.8) is 0 Å². The summed E-state index contributed by atoms with van der Waals surface area (Å²) in [5.41, 5.74) is 2.66. The number of methoxy groups -OCH3 is 2. The molecule has 0 unspecified atom stereocenters. The molecule has 0 saturated carbocycles. The number of ether oxygens (including phenoxy) is 3. The van der Waals surface area contributed by atoms with Gasteiger partial charge in [0.2, 0.25) is 5.88 Å². The minimum absolute atomic E-state index is 0.114. The first-order chi connectivity index (χ1) is 14.7. The molecule has 1 atom stereocenters. The Bertz CT molecular complexity index is 1020. The lowest BCUT2D eigenvalue weighted by Gasteiger charge is -2.07. The molecule has 152 valence electrons. The molecule has 1 amide bonds. The van der Waals surface area contributed by atoms with Gasteiger partial charge in [-0.25, -0.2) is 9.78 Å². The van der Waals surface area contributed by atoms with Crippen molar-refractivity contribution in [1.29, 1.82) is 0 Å². The molecule has 3 aromatic rings. The fraction of sp³-hybridized carbons (Fsp3) is 0.167. The Hall–Kier alpha value is -3.98. The molecule has 1 aliphatic rings. The second-order valence-electron chi connectivity index (χ2n) is 6.28. The smallest absolute Gasteiger partial charge is 0.407 e. The van der Waals surface area contributed by atoms with Crippen LogP contribution in [0.3, 0.4) is 0 Å². The largest absolute Gasteiger partial charge is 0.497 e. The minimum Gasteiger partial charge on any atom is -0.497 e. The molecule has 30 heavy (non-hydrogen) atoms. The minimum atomic E-state index is -0.384. The van der Waals surface area contributed by atoms with Gasteiger partial charge in [0.15, 0.2) is 0 Å². The van der Waals surface area contributed by atoms with Gasteiger partial charge in [-0.15, -0.1) is 0 Å². The number of pyridine rings is 1. The highest BCUT2D eigenvalue weighted by molar-refractivity contribution is 5.70. The monoisotopic (exact) mass is 402 g/mol. The van der Waals surface area contributed by atoms with Crippen molar-refractivity contribution in [2.24, 2.45) is 0 Å². The number of alkyl carbamates (subject to hydrolysis) is 1. The van der Waals surface area contributed by atoms with Gasteiger partial charge in [-0.2, -0.15) is 0 Å². The molecular weight excluding hydrogens is 380 g/mol. The van der Waals surface area contributed by atoms with Crippen LogP contribution in [0.4, 0.5) is 4.79 Å². The van der Waals surface area contributed by atoms with Crippen molar-refractivity contribution in [3.8, 4) is 23.5 Å². The van der Waals surface area contributed by atoms with Crippen molar-refractivity contribution in [2.45, 2.75) is 6.04 Å². The van der Waals surface area contributed by atoms with Gasteiger partial charge >= 0.3 is 6.09 Å². The van der Waals surface area contributed by atoms with Gasteiger partial charge in [-0.3, -0.25) is 0 Å². The standard InChI is InChI=1S/C17H14N2O3.C7H8O/c1-21-16-8-7-13(10-18-16)6-5-12-3-2-4-14(9-12)15-11-22-17(20)19-15;1-8-7-5-3-2-4-6-7/h2-4,7-10,15H,11H2,1H3,(H,19,20);2-6H,1H3/t15-;/m0./s1. The molecule has 0 spiro atoms. The van der Waals surface area contributed by atoms with Crippen molar-refractivity contribution in [3.05, 3.63) is 89.6 Å². The number of carbonyl (C=O) groups is 1. The van der Waals surface area contributed by atoms with Gasteiger partial charge < -0.3 is 19.5 Å². The summed E-state index contributed by atoms with van der Waals surface area (Å²) in [7, 11) is 3.24. The van der Waals surface area contributed by atoms with Crippen LogP contribution in [0, 0.1) is 11.8 Å². The Kier molecular flexibility index (Phi) is 7.28. The van der Waals surface area contributed by atoms with E-state index in [1.54, 1.807) is 26.5 Å². The molecular formula is C24H22N2O4. The van der Waals surface area contributed by atoms with E-state index in [1.165, 1.54) is 0 Å². The highest BCUT2D eigenvalue weighted by Gasteiger charge is 2.23. The third-order valence-electron chi connectivity index (χ3n) is 4.24. The molecule has 1 aliphatic heterocycles. The SMILES string of the molecule is COc1ccc(C#Cc2cccc([C@@H]3COC(=O)N3)c2)cn1.COc1ccccc1. The third kappa shape index (κ3) is 6.01. The summed E-state index contributed by atoms with van der Waals surface area (Å²) >= 11 is 0. The molecule has 0 bridgehead atoms. The van der Waals surface area contributed by atoms with Gasteiger partial charge in [-0.05, 0) is 35.9 Å². The van der Waals surface area contributed by atoms with Crippen molar-refractivity contribution in [1.82, 2.24) is 10.3 Å². The molecule has 2 aromatic carbocycles. The summed E-state index contributed by atoms with van der Waals surface area (Å²) in [5.74, 6) is 7.61. The number of nitrogens with zero attached hydrogens (tertiary/aromatic N) is 1. The average molecular weight is 402 g/mol. The highest BCUT2D eigenvalue weighted by atomic mass is 16.6. The van der Waals surface area contributed by atoms with Crippen LogP contribution in [0.25, 0.3) is 0 Å². The second-order valence-corrected chi connectivity index (χ2v) is 6.28. The predicted octanol–water partition coefficient (Wildman–Crippen LogP) is 3.97. The summed E-state index contributed by atoms with van der Waals surface area (Å²) in [6, 6.07) is 20.9. The van der Waals surface area contributed by atoms with Crippen LogP contribution >= 0.6 is 0 Å². The third-order valence-corrected chi connectivity index (χ3v) is 4.24. The number of para-hydroxylation sites is 1. The number of benzene rings is 2. The van der Waals surface area contributed by atoms with Crippen LogP contribution in [0.15, 0.2) is 72.9 Å². The van der Waals surface area contributed by atoms with E-state index in [0.29, 0.717) is 12.5 Å². The van der Waals surface area contributed by atoms with Crippen LogP contribution in [-0.2, 0) is 4.74 Å². The van der Waals surface area contributed by atoms with E-state index < -0.39 is 0 Å². The lowest BCUT2D eigenvalue weighted by molar-refractivity contribution is 0.177. The Labute approximate surface area is 175 Å². The number of hydrogen-bond acceptors (Lipinski definition) is 5. The number of cyclic esters (lactones) is 1. The Morgan fingerprint density at radius 3 is 2.37 bits per heavy atom.